The van der Waals surface area contributed by atoms with E-state index in [2.05, 4.69) is 17.9 Å². The van der Waals surface area contributed by atoms with Crippen LogP contribution in [0.5, 0.6) is 0 Å². The summed E-state index contributed by atoms with van der Waals surface area (Å²) in [7, 11) is 0. The number of nitrogens with zero attached hydrogens (tertiary/aromatic N) is 1. The van der Waals surface area contributed by atoms with Gasteiger partial charge in [0.1, 0.15) is 0 Å². The number of hydrogen-bond acceptors (Lipinski definition) is 1. The minimum atomic E-state index is 0.242. The van der Waals surface area contributed by atoms with E-state index in [0.717, 1.165) is 24.9 Å². The van der Waals surface area contributed by atoms with Crippen LogP contribution in [0.25, 0.3) is 0 Å². The predicted octanol–water partition coefficient (Wildman–Crippen LogP) is 2.09. The van der Waals surface area contributed by atoms with Crippen LogP contribution in [-0.4, -0.2) is 23.4 Å². The van der Waals surface area contributed by atoms with Gasteiger partial charge in [0.2, 0.25) is 0 Å². The first-order valence-corrected chi connectivity index (χ1v) is 5.66. The molecule has 15 heavy (non-hydrogen) atoms. The van der Waals surface area contributed by atoms with Gasteiger partial charge in [-0.25, -0.2) is 0 Å². The molecule has 2 nitrogen and oxygen atoms in total. The Bertz CT molecular complexity index is 413. The Morgan fingerprint density at radius 1 is 1.33 bits per heavy atom. The molecule has 1 saturated heterocycles. The van der Waals surface area contributed by atoms with Crippen LogP contribution in [0.3, 0.4) is 0 Å². The van der Waals surface area contributed by atoms with E-state index in [0.29, 0.717) is 12.0 Å². The van der Waals surface area contributed by atoms with Crippen LogP contribution in [0, 0.1) is 5.92 Å². The summed E-state index contributed by atoms with van der Waals surface area (Å²) in [5.41, 5.74) is 2.15. The zero-order chi connectivity index (χ0) is 10.4. The largest absolute Gasteiger partial charge is 0.335 e. The van der Waals surface area contributed by atoms with E-state index in [1.807, 2.05) is 18.2 Å². The smallest absolute Gasteiger partial charge is 0.254 e. The van der Waals surface area contributed by atoms with Crippen molar-refractivity contribution in [2.75, 3.05) is 6.54 Å². The maximum Gasteiger partial charge on any atom is 0.254 e. The standard InChI is InChI=1S/C13H15NO/c1-9-6-7-14-12(9)8-10-4-2-3-5-11(10)13(14)15/h2-5,9,12H,6-8H2,1H3/t9-,12+/m1/s1. The Morgan fingerprint density at radius 2 is 2.13 bits per heavy atom. The molecule has 1 fully saturated rings. The van der Waals surface area contributed by atoms with Gasteiger partial charge in [0.15, 0.2) is 0 Å². The van der Waals surface area contributed by atoms with Crippen molar-refractivity contribution in [3.05, 3.63) is 35.4 Å². The van der Waals surface area contributed by atoms with Crippen molar-refractivity contribution in [3.8, 4) is 0 Å². The number of fused-ring (bicyclic) bond motifs is 2. The average molecular weight is 201 g/mol. The van der Waals surface area contributed by atoms with Crippen molar-refractivity contribution in [2.45, 2.75) is 25.8 Å². The summed E-state index contributed by atoms with van der Waals surface area (Å²) in [6.45, 7) is 3.20. The molecule has 0 spiro atoms. The van der Waals surface area contributed by atoms with Gasteiger partial charge in [-0.15, -0.1) is 0 Å². The molecule has 3 rings (SSSR count). The molecule has 1 aromatic rings. The summed E-state index contributed by atoms with van der Waals surface area (Å²) in [5.74, 6) is 0.897. The van der Waals surface area contributed by atoms with Crippen molar-refractivity contribution in [3.63, 3.8) is 0 Å². The van der Waals surface area contributed by atoms with Gasteiger partial charge in [0.05, 0.1) is 0 Å². The Balaban J connectivity index is 2.06. The molecule has 2 atom stereocenters. The third kappa shape index (κ3) is 1.21. The lowest BCUT2D eigenvalue weighted by Crippen LogP contribution is -2.43. The third-order valence-corrected chi connectivity index (χ3v) is 3.82. The fourth-order valence-electron chi connectivity index (χ4n) is 2.86. The molecule has 0 radical (unpaired) electrons. The van der Waals surface area contributed by atoms with E-state index in [9.17, 15) is 4.79 Å². The monoisotopic (exact) mass is 201 g/mol. The van der Waals surface area contributed by atoms with Crippen molar-refractivity contribution < 1.29 is 4.79 Å². The molecule has 0 unspecified atom stereocenters. The van der Waals surface area contributed by atoms with Gasteiger partial charge < -0.3 is 4.90 Å². The SMILES string of the molecule is C[C@@H]1CCN2C(=O)c3ccccc3C[C@@H]12. The van der Waals surface area contributed by atoms with Gasteiger partial charge in [0.25, 0.3) is 5.91 Å². The lowest BCUT2D eigenvalue weighted by molar-refractivity contribution is 0.0697. The molecule has 1 aromatic carbocycles. The first kappa shape index (κ1) is 8.96. The van der Waals surface area contributed by atoms with Crippen LogP contribution in [0.2, 0.25) is 0 Å². The van der Waals surface area contributed by atoms with Gasteiger partial charge in [0, 0.05) is 18.2 Å². The maximum absolute atomic E-state index is 12.2. The molecule has 0 N–H and O–H groups in total. The molecule has 0 aromatic heterocycles. The minimum Gasteiger partial charge on any atom is -0.335 e. The number of amides is 1. The van der Waals surface area contributed by atoms with E-state index < -0.39 is 0 Å². The zero-order valence-corrected chi connectivity index (χ0v) is 8.94. The summed E-state index contributed by atoms with van der Waals surface area (Å²) < 4.78 is 0. The number of rotatable bonds is 0. The Hall–Kier alpha value is -1.31. The van der Waals surface area contributed by atoms with E-state index in [1.165, 1.54) is 5.56 Å². The van der Waals surface area contributed by atoms with Crippen LogP contribution < -0.4 is 0 Å². The lowest BCUT2D eigenvalue weighted by atomic mass is 9.89. The lowest BCUT2D eigenvalue weighted by Gasteiger charge is -2.32. The van der Waals surface area contributed by atoms with E-state index >= 15 is 0 Å². The topological polar surface area (TPSA) is 20.3 Å². The van der Waals surface area contributed by atoms with Crippen molar-refractivity contribution in [2.24, 2.45) is 5.92 Å². The molecule has 2 heterocycles. The molecular weight excluding hydrogens is 186 g/mol. The molecular formula is C13H15NO. The number of benzene rings is 1. The molecule has 0 saturated carbocycles. The van der Waals surface area contributed by atoms with Gasteiger partial charge in [-0.3, -0.25) is 4.79 Å². The summed E-state index contributed by atoms with van der Waals surface area (Å²) in [6.07, 6.45) is 2.20. The third-order valence-electron chi connectivity index (χ3n) is 3.82. The fraction of sp³-hybridized carbons (Fsp3) is 0.462. The number of carbonyl (C=O) groups is 1. The highest BCUT2D eigenvalue weighted by Crippen LogP contribution is 2.33. The number of hydrogen-bond donors (Lipinski definition) is 0. The van der Waals surface area contributed by atoms with E-state index in [4.69, 9.17) is 0 Å². The minimum absolute atomic E-state index is 0.242. The van der Waals surface area contributed by atoms with Crippen molar-refractivity contribution in [1.82, 2.24) is 4.90 Å². The van der Waals surface area contributed by atoms with Gasteiger partial charge in [-0.2, -0.15) is 0 Å². The Morgan fingerprint density at radius 3 is 3.00 bits per heavy atom. The first-order valence-electron chi connectivity index (χ1n) is 5.66. The second-order valence-corrected chi connectivity index (χ2v) is 4.69. The molecule has 0 bridgehead atoms. The molecule has 2 aliphatic rings. The van der Waals surface area contributed by atoms with Crippen molar-refractivity contribution >= 4 is 5.91 Å². The summed E-state index contributed by atoms with van der Waals surface area (Å²) in [5, 5.41) is 0. The van der Waals surface area contributed by atoms with Gasteiger partial charge in [-0.05, 0) is 30.4 Å². The fourth-order valence-corrected chi connectivity index (χ4v) is 2.86. The van der Waals surface area contributed by atoms with Crippen molar-refractivity contribution in [1.29, 1.82) is 0 Å². The normalized spacial score (nSPS) is 28.9. The molecule has 2 heteroatoms. The summed E-state index contributed by atoms with van der Waals surface area (Å²) >= 11 is 0. The summed E-state index contributed by atoms with van der Waals surface area (Å²) in [6, 6.07) is 8.48. The van der Waals surface area contributed by atoms with Crippen LogP contribution >= 0.6 is 0 Å². The molecule has 1 amide bonds. The second kappa shape index (κ2) is 3.09. The Kier molecular flexibility index (Phi) is 1.84. The average Bonchev–Trinajstić information content (AvgIpc) is 2.62. The van der Waals surface area contributed by atoms with E-state index in [-0.39, 0.29) is 5.91 Å². The highest BCUT2D eigenvalue weighted by molar-refractivity contribution is 5.97. The van der Waals surface area contributed by atoms with Crippen LogP contribution in [0.4, 0.5) is 0 Å². The molecule has 2 aliphatic heterocycles. The maximum atomic E-state index is 12.2. The Labute approximate surface area is 89.9 Å². The molecule has 0 aliphatic carbocycles. The van der Waals surface area contributed by atoms with Crippen LogP contribution in [0.15, 0.2) is 24.3 Å². The first-order chi connectivity index (χ1) is 7.27. The zero-order valence-electron chi connectivity index (χ0n) is 8.94. The quantitative estimate of drug-likeness (QED) is 0.629. The highest BCUT2D eigenvalue weighted by Gasteiger charge is 2.39. The second-order valence-electron chi connectivity index (χ2n) is 4.69. The van der Waals surface area contributed by atoms with Gasteiger partial charge >= 0.3 is 0 Å². The van der Waals surface area contributed by atoms with Gasteiger partial charge in [-0.1, -0.05) is 25.1 Å². The summed E-state index contributed by atoms with van der Waals surface area (Å²) in [4.78, 5) is 14.2. The number of carbonyl (C=O) groups excluding carboxylic acids is 1. The predicted molar refractivity (Wildman–Crippen MR) is 58.8 cm³/mol. The van der Waals surface area contributed by atoms with Crippen LogP contribution in [-0.2, 0) is 6.42 Å². The molecule has 78 valence electrons. The van der Waals surface area contributed by atoms with E-state index in [1.54, 1.807) is 0 Å². The van der Waals surface area contributed by atoms with Crippen LogP contribution in [0.1, 0.15) is 29.3 Å². The highest BCUT2D eigenvalue weighted by atomic mass is 16.2.